The predicted octanol–water partition coefficient (Wildman–Crippen LogP) is 3.90. The number of halogens is 1. The summed E-state index contributed by atoms with van der Waals surface area (Å²) >= 11 is 8.96. The standard InChI is InChI=1S/C20H22ClN3O3S2/c1-23(12-15-5-3-10-28-15)18(25)13-29-20-22-17-11-14(21)6-7-16(17)19(26)24(20)8-4-9-27-2/h3,5-7,10-11H,4,8-9,12-13H2,1-2H3. The maximum atomic E-state index is 13.0. The van der Waals surface area contributed by atoms with Crippen LogP contribution in [0.4, 0.5) is 0 Å². The summed E-state index contributed by atoms with van der Waals surface area (Å²) in [6.07, 6.45) is 0.678. The minimum absolute atomic E-state index is 0.0210. The molecule has 0 bridgehead atoms. The quantitative estimate of drug-likeness (QED) is 0.280. The molecule has 0 fully saturated rings. The third-order valence-electron chi connectivity index (χ3n) is 4.34. The predicted molar refractivity (Wildman–Crippen MR) is 119 cm³/mol. The molecule has 3 rings (SSSR count). The van der Waals surface area contributed by atoms with Crippen LogP contribution in [-0.4, -0.2) is 46.9 Å². The molecule has 0 spiro atoms. The van der Waals surface area contributed by atoms with Crippen molar-refractivity contribution in [2.45, 2.75) is 24.7 Å². The van der Waals surface area contributed by atoms with Crippen LogP contribution in [0.2, 0.25) is 5.02 Å². The molecule has 0 radical (unpaired) electrons. The SMILES string of the molecule is COCCCn1c(SCC(=O)N(C)Cc2cccs2)nc2cc(Cl)ccc2c1=O. The Morgan fingerprint density at radius 2 is 2.21 bits per heavy atom. The number of amides is 1. The van der Waals surface area contributed by atoms with Crippen LogP contribution in [0.25, 0.3) is 10.9 Å². The van der Waals surface area contributed by atoms with Gasteiger partial charge in [-0.2, -0.15) is 0 Å². The highest BCUT2D eigenvalue weighted by Crippen LogP contribution is 2.21. The van der Waals surface area contributed by atoms with E-state index in [1.807, 2.05) is 17.5 Å². The smallest absolute Gasteiger partial charge is 0.262 e. The van der Waals surface area contributed by atoms with Gasteiger partial charge in [0.15, 0.2) is 5.16 Å². The minimum atomic E-state index is -0.135. The molecule has 0 unspecified atom stereocenters. The Morgan fingerprint density at radius 3 is 2.93 bits per heavy atom. The van der Waals surface area contributed by atoms with E-state index in [4.69, 9.17) is 16.3 Å². The number of ether oxygens (including phenoxy) is 1. The molecule has 2 aromatic heterocycles. The van der Waals surface area contributed by atoms with Crippen molar-refractivity contribution in [3.63, 3.8) is 0 Å². The van der Waals surface area contributed by atoms with Crippen LogP contribution < -0.4 is 5.56 Å². The Kier molecular flexibility index (Phi) is 7.71. The molecule has 6 nitrogen and oxygen atoms in total. The van der Waals surface area contributed by atoms with Crippen LogP contribution in [-0.2, 0) is 22.6 Å². The number of hydrogen-bond acceptors (Lipinski definition) is 6. The molecule has 0 atom stereocenters. The van der Waals surface area contributed by atoms with E-state index in [0.717, 1.165) is 4.88 Å². The fourth-order valence-electron chi connectivity index (χ4n) is 2.81. The van der Waals surface area contributed by atoms with Crippen LogP contribution in [0.15, 0.2) is 45.7 Å². The summed E-state index contributed by atoms with van der Waals surface area (Å²) in [5.74, 6) is 0.178. The van der Waals surface area contributed by atoms with Gasteiger partial charge in [0.2, 0.25) is 5.91 Å². The number of nitrogens with zero attached hydrogens (tertiary/aromatic N) is 3. The fraction of sp³-hybridized carbons (Fsp3) is 0.350. The molecule has 1 aromatic carbocycles. The molecule has 0 saturated carbocycles. The molecule has 0 aliphatic carbocycles. The molecule has 3 aromatic rings. The first-order chi connectivity index (χ1) is 14.0. The first kappa shape index (κ1) is 21.8. The molecule has 154 valence electrons. The van der Waals surface area contributed by atoms with Gasteiger partial charge in [-0.05, 0) is 36.1 Å². The van der Waals surface area contributed by atoms with Crippen molar-refractivity contribution < 1.29 is 9.53 Å². The Bertz CT molecular complexity index is 1040. The van der Waals surface area contributed by atoms with E-state index in [0.29, 0.717) is 47.2 Å². The maximum absolute atomic E-state index is 13.0. The molecule has 0 saturated heterocycles. The van der Waals surface area contributed by atoms with E-state index in [1.54, 1.807) is 53.2 Å². The van der Waals surface area contributed by atoms with Gasteiger partial charge < -0.3 is 9.64 Å². The van der Waals surface area contributed by atoms with Crippen molar-refractivity contribution in [3.8, 4) is 0 Å². The zero-order valence-electron chi connectivity index (χ0n) is 16.3. The summed E-state index contributed by atoms with van der Waals surface area (Å²) < 4.78 is 6.72. The minimum Gasteiger partial charge on any atom is -0.385 e. The van der Waals surface area contributed by atoms with Crippen LogP contribution in [0.1, 0.15) is 11.3 Å². The fourth-order valence-corrected chi connectivity index (χ4v) is 4.70. The van der Waals surface area contributed by atoms with E-state index in [-0.39, 0.29) is 17.2 Å². The number of benzene rings is 1. The van der Waals surface area contributed by atoms with Crippen LogP contribution in [0, 0.1) is 0 Å². The lowest BCUT2D eigenvalue weighted by atomic mass is 10.2. The van der Waals surface area contributed by atoms with Crippen molar-refractivity contribution >= 4 is 51.5 Å². The Morgan fingerprint density at radius 1 is 1.38 bits per heavy atom. The van der Waals surface area contributed by atoms with Crippen molar-refractivity contribution in [3.05, 3.63) is 56.0 Å². The second-order valence-corrected chi connectivity index (χ2v) is 8.89. The van der Waals surface area contributed by atoms with Gasteiger partial charge in [-0.15, -0.1) is 11.3 Å². The second kappa shape index (κ2) is 10.2. The molecule has 29 heavy (non-hydrogen) atoms. The van der Waals surface area contributed by atoms with Gasteiger partial charge in [0.1, 0.15) is 0 Å². The number of rotatable bonds is 9. The third kappa shape index (κ3) is 5.60. The van der Waals surface area contributed by atoms with Gasteiger partial charge in [-0.1, -0.05) is 29.4 Å². The largest absolute Gasteiger partial charge is 0.385 e. The molecular weight excluding hydrogens is 430 g/mol. The molecule has 0 aliphatic rings. The summed E-state index contributed by atoms with van der Waals surface area (Å²) in [5, 5.41) is 3.53. The van der Waals surface area contributed by atoms with Crippen LogP contribution >= 0.6 is 34.7 Å². The molecule has 0 aliphatic heterocycles. The lowest BCUT2D eigenvalue weighted by molar-refractivity contribution is -0.127. The zero-order chi connectivity index (χ0) is 20.8. The molecular formula is C20H22ClN3O3S2. The monoisotopic (exact) mass is 451 g/mol. The van der Waals surface area contributed by atoms with E-state index >= 15 is 0 Å². The molecule has 9 heteroatoms. The Hall–Kier alpha value is -1.87. The first-order valence-corrected chi connectivity index (χ1v) is 11.3. The first-order valence-electron chi connectivity index (χ1n) is 9.07. The van der Waals surface area contributed by atoms with Crippen molar-refractivity contribution in [2.75, 3.05) is 26.5 Å². The zero-order valence-corrected chi connectivity index (χ0v) is 18.6. The van der Waals surface area contributed by atoms with Gasteiger partial charge in [0, 0.05) is 37.2 Å². The Balaban J connectivity index is 1.81. The number of fused-ring (bicyclic) bond motifs is 1. The summed E-state index contributed by atoms with van der Waals surface area (Å²) in [5.41, 5.74) is 0.400. The summed E-state index contributed by atoms with van der Waals surface area (Å²) in [6, 6.07) is 9.02. The highest BCUT2D eigenvalue weighted by Gasteiger charge is 2.16. The van der Waals surface area contributed by atoms with Crippen LogP contribution in [0.5, 0.6) is 0 Å². The highest BCUT2D eigenvalue weighted by molar-refractivity contribution is 7.99. The van der Waals surface area contributed by atoms with E-state index < -0.39 is 0 Å². The number of carbonyl (C=O) groups is 1. The van der Waals surface area contributed by atoms with Gasteiger partial charge in [-0.3, -0.25) is 14.2 Å². The summed E-state index contributed by atoms with van der Waals surface area (Å²) in [7, 11) is 3.41. The second-order valence-electron chi connectivity index (χ2n) is 6.48. The number of thioether (sulfide) groups is 1. The normalized spacial score (nSPS) is 11.1. The van der Waals surface area contributed by atoms with E-state index in [1.165, 1.54) is 11.8 Å². The lowest BCUT2D eigenvalue weighted by Crippen LogP contribution is -2.28. The molecule has 2 heterocycles. The van der Waals surface area contributed by atoms with Crippen molar-refractivity contribution in [1.29, 1.82) is 0 Å². The highest BCUT2D eigenvalue weighted by atomic mass is 35.5. The maximum Gasteiger partial charge on any atom is 0.262 e. The Labute approximate surface area is 182 Å². The number of aromatic nitrogens is 2. The summed E-state index contributed by atoms with van der Waals surface area (Å²) in [6.45, 7) is 1.58. The van der Waals surface area contributed by atoms with Gasteiger partial charge in [0.25, 0.3) is 5.56 Å². The van der Waals surface area contributed by atoms with Gasteiger partial charge >= 0.3 is 0 Å². The van der Waals surface area contributed by atoms with Crippen molar-refractivity contribution in [1.82, 2.24) is 14.5 Å². The third-order valence-corrected chi connectivity index (χ3v) is 6.39. The molecule has 1 amide bonds. The topological polar surface area (TPSA) is 64.4 Å². The van der Waals surface area contributed by atoms with E-state index in [9.17, 15) is 9.59 Å². The lowest BCUT2D eigenvalue weighted by Gasteiger charge is -2.17. The number of thiophene rings is 1. The number of hydrogen-bond donors (Lipinski definition) is 0. The van der Waals surface area contributed by atoms with E-state index in [2.05, 4.69) is 4.98 Å². The van der Waals surface area contributed by atoms with Gasteiger partial charge in [-0.25, -0.2) is 4.98 Å². The van der Waals surface area contributed by atoms with Crippen LogP contribution in [0.3, 0.4) is 0 Å². The summed E-state index contributed by atoms with van der Waals surface area (Å²) in [4.78, 5) is 33.0. The van der Waals surface area contributed by atoms with Crippen molar-refractivity contribution in [2.24, 2.45) is 0 Å². The average Bonchev–Trinajstić information content (AvgIpc) is 3.20. The average molecular weight is 452 g/mol. The van der Waals surface area contributed by atoms with Gasteiger partial charge in [0.05, 0.1) is 23.2 Å². The number of methoxy groups -OCH3 is 1. The number of carbonyl (C=O) groups excluding carboxylic acids is 1. The molecule has 0 N–H and O–H groups in total.